The van der Waals surface area contributed by atoms with Gasteiger partial charge in [0.2, 0.25) is 11.8 Å². The van der Waals surface area contributed by atoms with E-state index in [0.29, 0.717) is 13.0 Å². The number of nitrogens with zero attached hydrogens (tertiary/aromatic N) is 1. The Morgan fingerprint density at radius 2 is 1.89 bits per heavy atom. The second-order valence-corrected chi connectivity index (χ2v) is 7.83. The third kappa shape index (κ3) is 2.95. The maximum absolute atomic E-state index is 13.3. The molecule has 2 aromatic rings. The van der Waals surface area contributed by atoms with Crippen molar-refractivity contribution >= 4 is 11.8 Å². The lowest BCUT2D eigenvalue weighted by molar-refractivity contribution is -0.175. The average molecular weight is 378 g/mol. The second-order valence-electron chi connectivity index (χ2n) is 7.83. The van der Waals surface area contributed by atoms with Crippen molar-refractivity contribution in [1.82, 2.24) is 10.2 Å². The molecule has 1 N–H and O–H groups in total. The van der Waals surface area contributed by atoms with Crippen LogP contribution in [0.1, 0.15) is 50.3 Å². The van der Waals surface area contributed by atoms with E-state index in [-0.39, 0.29) is 23.8 Å². The zero-order valence-corrected chi connectivity index (χ0v) is 16.5. The van der Waals surface area contributed by atoms with Crippen LogP contribution in [0.2, 0.25) is 0 Å². The van der Waals surface area contributed by atoms with Crippen LogP contribution in [0.4, 0.5) is 0 Å². The van der Waals surface area contributed by atoms with Crippen LogP contribution in [0.25, 0.3) is 0 Å². The molecule has 1 saturated heterocycles. The highest BCUT2D eigenvalue weighted by Gasteiger charge is 2.55. The number of benzene rings is 2. The van der Waals surface area contributed by atoms with E-state index >= 15 is 0 Å². The lowest BCUT2D eigenvalue weighted by atomic mass is 9.73. The summed E-state index contributed by atoms with van der Waals surface area (Å²) in [6.07, 6.45) is 0.612. The molecule has 0 spiro atoms. The number of hydrogen-bond acceptors (Lipinski definition) is 3. The van der Waals surface area contributed by atoms with Gasteiger partial charge in [-0.1, -0.05) is 48.5 Å². The molecule has 1 fully saturated rings. The van der Waals surface area contributed by atoms with E-state index in [2.05, 4.69) is 5.32 Å². The van der Waals surface area contributed by atoms with Crippen molar-refractivity contribution in [1.29, 1.82) is 0 Å². The topological polar surface area (TPSA) is 58.6 Å². The van der Waals surface area contributed by atoms with Crippen molar-refractivity contribution in [2.75, 3.05) is 6.54 Å². The van der Waals surface area contributed by atoms with Gasteiger partial charge in [-0.05, 0) is 38.0 Å². The van der Waals surface area contributed by atoms with Gasteiger partial charge in [0.05, 0.1) is 6.04 Å². The molecule has 2 aliphatic rings. The molecule has 0 aliphatic carbocycles. The lowest BCUT2D eigenvalue weighted by Gasteiger charge is -2.52. The molecule has 0 saturated carbocycles. The molecule has 2 aromatic carbocycles. The van der Waals surface area contributed by atoms with Crippen molar-refractivity contribution < 1.29 is 14.3 Å². The normalized spacial score (nSPS) is 26.8. The van der Waals surface area contributed by atoms with Gasteiger partial charge in [-0.15, -0.1) is 0 Å². The van der Waals surface area contributed by atoms with Crippen LogP contribution in [0, 0.1) is 5.92 Å². The van der Waals surface area contributed by atoms with E-state index in [4.69, 9.17) is 4.74 Å². The van der Waals surface area contributed by atoms with Crippen LogP contribution in [0.15, 0.2) is 54.6 Å². The van der Waals surface area contributed by atoms with E-state index in [1.807, 2.05) is 75.4 Å². The fourth-order valence-electron chi connectivity index (χ4n) is 4.63. The van der Waals surface area contributed by atoms with Gasteiger partial charge < -0.3 is 15.0 Å². The number of ether oxygens (including phenoxy) is 1. The highest BCUT2D eigenvalue weighted by molar-refractivity contribution is 6.02. The Morgan fingerprint density at radius 1 is 1.21 bits per heavy atom. The van der Waals surface area contributed by atoms with Crippen molar-refractivity contribution in [3.8, 4) is 5.75 Å². The quantitative estimate of drug-likeness (QED) is 0.827. The zero-order chi connectivity index (χ0) is 19.9. The highest BCUT2D eigenvalue weighted by Crippen LogP contribution is 2.50. The Bertz CT molecular complexity index is 898. The standard InChI is InChI=1S/C23H26N2O3/c1-4-25-22(27)20(21(26)24-15(2)16-10-6-5-7-11-16)18-14-23(25,3)28-19-13-9-8-12-17(18)19/h5-13,15,18,20H,4,14H2,1-3H3,(H,24,26)/t15-,18-,20+,23-/m0/s1. The first-order chi connectivity index (χ1) is 13.4. The van der Waals surface area contributed by atoms with E-state index in [1.54, 1.807) is 4.90 Å². The SMILES string of the molecule is CCN1C(=O)[C@@H](C(=O)N[C@@H](C)c2ccccc2)[C@H]2C[C@]1(C)Oc1ccccc12. The summed E-state index contributed by atoms with van der Waals surface area (Å²) in [4.78, 5) is 28.3. The maximum Gasteiger partial charge on any atom is 0.238 e. The fraction of sp³-hybridized carbons (Fsp3) is 0.391. The summed E-state index contributed by atoms with van der Waals surface area (Å²) in [6.45, 7) is 6.31. The van der Waals surface area contributed by atoms with Crippen LogP contribution < -0.4 is 10.1 Å². The Labute approximate surface area is 165 Å². The lowest BCUT2D eigenvalue weighted by Crippen LogP contribution is -2.64. The number of carbonyl (C=O) groups excluding carboxylic acids is 2. The number of piperidine rings is 1. The van der Waals surface area contributed by atoms with Crippen LogP contribution in [0.3, 0.4) is 0 Å². The highest BCUT2D eigenvalue weighted by atomic mass is 16.5. The van der Waals surface area contributed by atoms with Crippen LogP contribution >= 0.6 is 0 Å². The molecule has 28 heavy (non-hydrogen) atoms. The molecule has 5 nitrogen and oxygen atoms in total. The number of rotatable bonds is 4. The summed E-state index contributed by atoms with van der Waals surface area (Å²) in [5, 5.41) is 3.06. The molecule has 0 radical (unpaired) electrons. The van der Waals surface area contributed by atoms with Gasteiger partial charge in [0.25, 0.3) is 0 Å². The minimum atomic E-state index is -0.746. The number of amides is 2. The summed E-state index contributed by atoms with van der Waals surface area (Å²) < 4.78 is 6.22. The Kier molecular flexibility index (Phi) is 4.61. The summed E-state index contributed by atoms with van der Waals surface area (Å²) in [6, 6.07) is 17.4. The molecule has 2 amide bonds. The van der Waals surface area contributed by atoms with Gasteiger partial charge in [0.15, 0.2) is 5.72 Å². The molecular weight excluding hydrogens is 352 g/mol. The molecule has 2 bridgehead atoms. The van der Waals surface area contributed by atoms with E-state index < -0.39 is 11.6 Å². The van der Waals surface area contributed by atoms with E-state index in [0.717, 1.165) is 16.9 Å². The maximum atomic E-state index is 13.3. The first kappa shape index (κ1) is 18.5. The molecule has 146 valence electrons. The van der Waals surface area contributed by atoms with Gasteiger partial charge >= 0.3 is 0 Å². The molecular formula is C23H26N2O3. The van der Waals surface area contributed by atoms with Gasteiger partial charge in [-0.2, -0.15) is 0 Å². The Hall–Kier alpha value is -2.82. The number of hydrogen-bond donors (Lipinski definition) is 1. The van der Waals surface area contributed by atoms with Crippen LogP contribution in [-0.2, 0) is 9.59 Å². The largest absolute Gasteiger partial charge is 0.468 e. The minimum absolute atomic E-state index is 0.159. The molecule has 4 rings (SSSR count). The molecule has 0 unspecified atom stereocenters. The predicted octanol–water partition coefficient (Wildman–Crippen LogP) is 3.62. The van der Waals surface area contributed by atoms with Crippen molar-refractivity contribution in [3.05, 3.63) is 65.7 Å². The first-order valence-corrected chi connectivity index (χ1v) is 9.89. The number of fused-ring (bicyclic) bond motifs is 4. The second kappa shape index (κ2) is 6.97. The third-order valence-corrected chi connectivity index (χ3v) is 6.01. The number of para-hydroxylation sites is 1. The summed E-state index contributed by atoms with van der Waals surface area (Å²) in [5.41, 5.74) is 1.24. The van der Waals surface area contributed by atoms with Crippen molar-refractivity contribution in [2.45, 2.75) is 44.9 Å². The zero-order valence-electron chi connectivity index (χ0n) is 16.5. The molecule has 4 atom stereocenters. The molecule has 0 aromatic heterocycles. The first-order valence-electron chi connectivity index (χ1n) is 9.89. The van der Waals surface area contributed by atoms with Gasteiger partial charge in [0, 0.05) is 18.9 Å². The number of carbonyl (C=O) groups is 2. The van der Waals surface area contributed by atoms with Crippen molar-refractivity contribution in [2.24, 2.45) is 5.92 Å². The Morgan fingerprint density at radius 3 is 2.61 bits per heavy atom. The average Bonchev–Trinajstić information content (AvgIpc) is 2.68. The van der Waals surface area contributed by atoms with E-state index in [1.165, 1.54) is 0 Å². The molecule has 2 aliphatic heterocycles. The summed E-state index contributed by atoms with van der Waals surface area (Å²) >= 11 is 0. The molecule has 2 heterocycles. The number of nitrogens with one attached hydrogen (secondary N) is 1. The summed E-state index contributed by atoms with van der Waals surface area (Å²) in [5.74, 6) is -0.546. The third-order valence-electron chi connectivity index (χ3n) is 6.01. The monoisotopic (exact) mass is 378 g/mol. The minimum Gasteiger partial charge on any atom is -0.468 e. The summed E-state index contributed by atoms with van der Waals surface area (Å²) in [7, 11) is 0. The smallest absolute Gasteiger partial charge is 0.238 e. The van der Waals surface area contributed by atoms with Crippen LogP contribution in [0.5, 0.6) is 5.75 Å². The fourth-order valence-corrected chi connectivity index (χ4v) is 4.63. The number of likely N-dealkylation sites (tertiary alicyclic amines) is 1. The van der Waals surface area contributed by atoms with Crippen molar-refractivity contribution in [3.63, 3.8) is 0 Å². The Balaban J connectivity index is 1.68. The van der Waals surface area contributed by atoms with E-state index in [9.17, 15) is 9.59 Å². The predicted molar refractivity (Wildman–Crippen MR) is 107 cm³/mol. The van der Waals surface area contributed by atoms with Crippen LogP contribution in [-0.4, -0.2) is 29.0 Å². The van der Waals surface area contributed by atoms with Gasteiger partial charge in [0.1, 0.15) is 11.7 Å². The van der Waals surface area contributed by atoms with Gasteiger partial charge in [-0.3, -0.25) is 9.59 Å². The van der Waals surface area contributed by atoms with Gasteiger partial charge in [-0.25, -0.2) is 0 Å². The molecule has 5 heteroatoms.